The molecule has 0 radical (unpaired) electrons. The minimum Gasteiger partial charge on any atom is -0.329 e. The maximum absolute atomic E-state index is 6.18. The molecule has 0 atom stereocenters. The molecule has 22 heavy (non-hydrogen) atoms. The van der Waals surface area contributed by atoms with Crippen molar-refractivity contribution in [2.75, 3.05) is 0 Å². The molecule has 0 bridgehead atoms. The second-order valence-corrected chi connectivity index (χ2v) is 5.25. The van der Waals surface area contributed by atoms with Crippen molar-refractivity contribution in [2.24, 2.45) is 0 Å². The Kier molecular flexibility index (Phi) is 4.48. The van der Waals surface area contributed by atoms with Crippen LogP contribution in [0, 0.1) is 0 Å². The van der Waals surface area contributed by atoms with E-state index in [1.54, 1.807) is 5.98 Å². The molecule has 0 saturated heterocycles. The molecule has 3 aromatic carbocycles. The monoisotopic (exact) mass is 304 g/mol. The minimum absolute atomic E-state index is 0.675. The lowest BCUT2D eigenvalue weighted by Gasteiger charge is -2.34. The molecule has 0 aliphatic heterocycles. The highest BCUT2D eigenvalue weighted by Crippen LogP contribution is 2.39. The van der Waals surface area contributed by atoms with E-state index in [1.165, 1.54) is 0 Å². The Bertz CT molecular complexity index is 627. The molecular weight excluding hydrogens is 287 g/mol. The van der Waals surface area contributed by atoms with Gasteiger partial charge in [0.25, 0.3) is 0 Å². The van der Waals surface area contributed by atoms with Crippen LogP contribution in [0.15, 0.2) is 91.0 Å². The quantitative estimate of drug-likeness (QED) is 0.481. The zero-order chi connectivity index (χ0) is 15.3. The Hall–Kier alpha value is -2.21. The summed E-state index contributed by atoms with van der Waals surface area (Å²) >= 11 is 0. The third-order valence-corrected chi connectivity index (χ3v) is 3.89. The van der Waals surface area contributed by atoms with E-state index in [2.05, 4.69) is 45.3 Å². The van der Waals surface area contributed by atoms with Crippen molar-refractivity contribution in [1.29, 1.82) is 0 Å². The largest absolute Gasteiger partial charge is 0.329 e. The van der Waals surface area contributed by atoms with Gasteiger partial charge in [-0.15, -0.1) is 0 Å². The second-order valence-electron chi connectivity index (χ2n) is 5.01. The molecule has 0 unspecified atom stereocenters. The smallest absolute Gasteiger partial charge is 0.149 e. The molecule has 0 fully saturated rings. The van der Waals surface area contributed by atoms with Gasteiger partial charge in [-0.3, -0.25) is 0 Å². The van der Waals surface area contributed by atoms with E-state index >= 15 is 0 Å². The molecule has 108 valence electrons. The van der Waals surface area contributed by atoms with Crippen LogP contribution in [0.25, 0.3) is 0 Å². The first-order valence-electron chi connectivity index (χ1n) is 7.21. The average Bonchev–Trinajstić information content (AvgIpc) is 2.62. The van der Waals surface area contributed by atoms with E-state index in [-0.39, 0.29) is 0 Å². The maximum atomic E-state index is 6.18. The predicted molar refractivity (Wildman–Crippen MR) is 94.7 cm³/mol. The molecule has 0 aliphatic carbocycles. The molecule has 0 heterocycles. The highest BCUT2D eigenvalue weighted by atomic mass is 31.0. The predicted octanol–water partition coefficient (Wildman–Crippen LogP) is 4.90. The summed E-state index contributed by atoms with van der Waals surface area (Å²) in [5.41, 5.74) is 2.58. The van der Waals surface area contributed by atoms with Crippen molar-refractivity contribution in [3.05, 3.63) is 108 Å². The molecule has 0 N–H and O–H groups in total. The van der Waals surface area contributed by atoms with Crippen molar-refractivity contribution < 1.29 is 4.74 Å². The van der Waals surface area contributed by atoms with Crippen molar-refractivity contribution in [2.45, 2.75) is 5.60 Å². The van der Waals surface area contributed by atoms with Crippen molar-refractivity contribution in [3.8, 4) is 0 Å². The fourth-order valence-electron chi connectivity index (χ4n) is 2.81. The number of rotatable bonds is 5. The lowest BCUT2D eigenvalue weighted by Crippen LogP contribution is -2.32. The summed E-state index contributed by atoms with van der Waals surface area (Å²) in [7, 11) is 3.38. The zero-order valence-electron chi connectivity index (χ0n) is 12.1. The molecular formula is C20H17OP. The summed E-state index contributed by atoms with van der Waals surface area (Å²) in [4.78, 5) is 0. The van der Waals surface area contributed by atoms with Crippen LogP contribution >= 0.6 is 8.86 Å². The van der Waals surface area contributed by atoms with Crippen molar-refractivity contribution in [1.82, 2.24) is 0 Å². The van der Waals surface area contributed by atoms with Crippen LogP contribution in [0.5, 0.6) is 0 Å². The van der Waals surface area contributed by atoms with Gasteiger partial charge in [0.05, 0.1) is 5.98 Å². The number of ether oxygens (including phenoxy) is 1. The standard InChI is InChI=1S/C20H17OP/c22-16-21-20(17-10-4-1-5-11-17,18-12-6-2-7-13-18)19-14-8-3-9-15-19/h1-16,22H. The van der Waals surface area contributed by atoms with Crippen LogP contribution in [0.1, 0.15) is 16.7 Å². The van der Waals surface area contributed by atoms with E-state index in [9.17, 15) is 0 Å². The van der Waals surface area contributed by atoms with Crippen LogP contribution in [-0.4, -0.2) is 5.98 Å². The topological polar surface area (TPSA) is 9.23 Å². The van der Waals surface area contributed by atoms with Gasteiger partial charge in [0, 0.05) is 0 Å². The number of hydrogen-bond donors (Lipinski definition) is 0. The summed E-state index contributed by atoms with van der Waals surface area (Å²) in [6.45, 7) is 0. The van der Waals surface area contributed by atoms with Gasteiger partial charge in [0.15, 0.2) is 0 Å². The van der Waals surface area contributed by atoms with Crippen LogP contribution in [0.3, 0.4) is 0 Å². The van der Waals surface area contributed by atoms with Crippen LogP contribution in [0.2, 0.25) is 0 Å². The second kappa shape index (κ2) is 6.70. The molecule has 0 spiro atoms. The molecule has 3 aromatic rings. The van der Waals surface area contributed by atoms with Gasteiger partial charge in [-0.2, -0.15) is 0 Å². The summed E-state index contributed by atoms with van der Waals surface area (Å²) in [5.74, 6) is 1.58. The summed E-state index contributed by atoms with van der Waals surface area (Å²) in [6.07, 6.45) is 0. The highest BCUT2D eigenvalue weighted by molar-refractivity contribution is 7.17. The summed E-state index contributed by atoms with van der Waals surface area (Å²) < 4.78 is 6.18. The first-order chi connectivity index (χ1) is 10.9. The van der Waals surface area contributed by atoms with Crippen LogP contribution in [0.4, 0.5) is 0 Å². The van der Waals surface area contributed by atoms with Gasteiger partial charge in [-0.05, 0) is 16.7 Å². The fourth-order valence-corrected chi connectivity index (χ4v) is 2.99. The van der Waals surface area contributed by atoms with E-state index < -0.39 is 5.60 Å². The van der Waals surface area contributed by atoms with Crippen LogP contribution in [-0.2, 0) is 10.3 Å². The van der Waals surface area contributed by atoms with E-state index in [0.717, 1.165) is 16.7 Å². The van der Waals surface area contributed by atoms with Gasteiger partial charge in [-0.1, -0.05) is 99.9 Å². The lowest BCUT2D eigenvalue weighted by atomic mass is 9.80. The van der Waals surface area contributed by atoms with Crippen molar-refractivity contribution in [3.63, 3.8) is 0 Å². The Morgan fingerprint density at radius 2 is 0.909 bits per heavy atom. The molecule has 0 saturated carbocycles. The van der Waals surface area contributed by atoms with Gasteiger partial charge in [-0.25, -0.2) is 0 Å². The van der Waals surface area contributed by atoms with Gasteiger partial charge < -0.3 is 4.74 Å². The van der Waals surface area contributed by atoms with Gasteiger partial charge in [0.2, 0.25) is 0 Å². The average molecular weight is 304 g/mol. The maximum Gasteiger partial charge on any atom is 0.149 e. The SMILES string of the molecule is P=COC(c1ccccc1)(c1ccccc1)c1ccccc1. The third-order valence-electron chi connectivity index (χ3n) is 3.78. The number of benzene rings is 3. The first kappa shape index (κ1) is 14.7. The van der Waals surface area contributed by atoms with Gasteiger partial charge in [0.1, 0.15) is 5.60 Å². The summed E-state index contributed by atoms with van der Waals surface area (Å²) in [6, 6.07) is 30.8. The Morgan fingerprint density at radius 1 is 0.591 bits per heavy atom. The lowest BCUT2D eigenvalue weighted by molar-refractivity contribution is 0.156. The fraction of sp³-hybridized carbons (Fsp3) is 0.0500. The molecule has 0 aromatic heterocycles. The Balaban J connectivity index is 2.31. The van der Waals surface area contributed by atoms with E-state index in [0.29, 0.717) is 0 Å². The molecule has 2 heteroatoms. The molecule has 3 rings (SSSR count). The Labute approximate surface area is 133 Å². The summed E-state index contributed by atoms with van der Waals surface area (Å²) in [5, 5.41) is 0. The van der Waals surface area contributed by atoms with Gasteiger partial charge >= 0.3 is 0 Å². The third kappa shape index (κ3) is 2.62. The molecule has 1 nitrogen and oxygen atoms in total. The van der Waals surface area contributed by atoms with Crippen molar-refractivity contribution >= 4 is 14.8 Å². The van der Waals surface area contributed by atoms with Crippen LogP contribution < -0.4 is 0 Å². The molecule has 0 aliphatic rings. The molecule has 0 amide bonds. The highest BCUT2D eigenvalue weighted by Gasteiger charge is 2.36. The Morgan fingerprint density at radius 3 is 1.18 bits per heavy atom. The first-order valence-corrected chi connectivity index (χ1v) is 7.79. The number of hydrogen-bond acceptors (Lipinski definition) is 1. The van der Waals surface area contributed by atoms with E-state index in [4.69, 9.17) is 4.74 Å². The normalized spacial score (nSPS) is 11.1. The minimum atomic E-state index is -0.675. The zero-order valence-corrected chi connectivity index (χ0v) is 13.1. The van der Waals surface area contributed by atoms with E-state index in [1.807, 2.05) is 54.6 Å².